The van der Waals surface area contributed by atoms with E-state index in [-0.39, 0.29) is 18.1 Å². The summed E-state index contributed by atoms with van der Waals surface area (Å²) in [6, 6.07) is 16.7. The molecule has 1 saturated heterocycles. The molecule has 5 nitrogen and oxygen atoms in total. The lowest BCUT2D eigenvalue weighted by Crippen LogP contribution is -2.28. The molecule has 1 aliphatic heterocycles. The monoisotopic (exact) mass is 477 g/mol. The van der Waals surface area contributed by atoms with Gasteiger partial charge in [-0.25, -0.2) is 4.98 Å². The molecular weight excluding hydrogens is 442 g/mol. The Kier molecular flexibility index (Phi) is 7.51. The average Bonchev–Trinajstić information content (AvgIpc) is 3.38. The molecule has 34 heavy (non-hydrogen) atoms. The number of nitrogens with one attached hydrogen (secondary N) is 1. The van der Waals surface area contributed by atoms with Gasteiger partial charge in [-0.1, -0.05) is 73.7 Å². The van der Waals surface area contributed by atoms with E-state index in [1.54, 1.807) is 0 Å². The minimum absolute atomic E-state index is 0.0335. The van der Waals surface area contributed by atoms with Crippen LogP contribution in [0.3, 0.4) is 0 Å². The van der Waals surface area contributed by atoms with E-state index in [9.17, 15) is 9.90 Å². The van der Waals surface area contributed by atoms with E-state index in [2.05, 4.69) is 59.4 Å². The van der Waals surface area contributed by atoms with Gasteiger partial charge < -0.3 is 10.4 Å². The summed E-state index contributed by atoms with van der Waals surface area (Å²) in [5, 5.41) is 13.8. The van der Waals surface area contributed by atoms with Gasteiger partial charge in [0.15, 0.2) is 5.13 Å². The van der Waals surface area contributed by atoms with E-state index in [0.29, 0.717) is 11.7 Å². The SMILES string of the molecule is CC.Cc1ccc(C2(C(=O)Nc3ncc([C@@H](c4ccccc4)N4CC[C@@H](O)C4)s3)CC2)cc1C. The molecule has 0 unspecified atom stereocenters. The second-order valence-electron chi connectivity index (χ2n) is 9.15. The lowest BCUT2D eigenvalue weighted by Gasteiger charge is -2.26. The largest absolute Gasteiger partial charge is 0.392 e. The van der Waals surface area contributed by atoms with Crippen LogP contribution in [0.4, 0.5) is 5.13 Å². The first-order chi connectivity index (χ1) is 16.5. The number of carbonyl (C=O) groups excluding carboxylic acids is 1. The number of amides is 1. The second-order valence-corrected chi connectivity index (χ2v) is 10.2. The average molecular weight is 478 g/mol. The van der Waals surface area contributed by atoms with Crippen molar-refractivity contribution in [1.82, 2.24) is 9.88 Å². The first-order valence-corrected chi connectivity index (χ1v) is 13.1. The Hall–Kier alpha value is -2.54. The molecule has 0 spiro atoms. The van der Waals surface area contributed by atoms with Crippen LogP contribution in [-0.4, -0.2) is 40.1 Å². The molecule has 0 radical (unpaired) electrons. The molecule has 1 aromatic heterocycles. The molecule has 2 N–H and O–H groups in total. The number of likely N-dealkylation sites (tertiary alicyclic amines) is 1. The van der Waals surface area contributed by atoms with E-state index >= 15 is 0 Å². The van der Waals surface area contributed by atoms with Crippen LogP contribution < -0.4 is 5.32 Å². The highest BCUT2D eigenvalue weighted by molar-refractivity contribution is 7.15. The molecule has 2 fully saturated rings. The van der Waals surface area contributed by atoms with Crippen LogP contribution in [0.1, 0.15) is 66.3 Å². The summed E-state index contributed by atoms with van der Waals surface area (Å²) in [7, 11) is 0. The maximum Gasteiger partial charge on any atom is 0.236 e. The van der Waals surface area contributed by atoms with E-state index in [4.69, 9.17) is 0 Å². The van der Waals surface area contributed by atoms with Gasteiger partial charge >= 0.3 is 0 Å². The number of benzene rings is 2. The summed E-state index contributed by atoms with van der Waals surface area (Å²) in [6.07, 6.45) is 4.11. The van der Waals surface area contributed by atoms with Gasteiger partial charge in [0, 0.05) is 24.2 Å². The Labute approximate surface area is 206 Å². The zero-order chi connectivity index (χ0) is 24.3. The van der Waals surface area contributed by atoms with Crippen LogP contribution >= 0.6 is 11.3 Å². The molecule has 0 bridgehead atoms. The third kappa shape index (κ3) is 4.95. The van der Waals surface area contributed by atoms with Crippen molar-refractivity contribution in [3.05, 3.63) is 81.9 Å². The molecule has 1 aliphatic carbocycles. The number of nitrogens with zero attached hydrogens (tertiary/aromatic N) is 2. The number of aryl methyl sites for hydroxylation is 2. The summed E-state index contributed by atoms with van der Waals surface area (Å²) < 4.78 is 0. The van der Waals surface area contributed by atoms with Gasteiger partial charge in [-0.15, -0.1) is 0 Å². The van der Waals surface area contributed by atoms with Crippen molar-refractivity contribution in [3.8, 4) is 0 Å². The van der Waals surface area contributed by atoms with Gasteiger partial charge in [0.2, 0.25) is 5.91 Å². The fourth-order valence-corrected chi connectivity index (χ4v) is 5.67. The summed E-state index contributed by atoms with van der Waals surface area (Å²) >= 11 is 1.53. The smallest absolute Gasteiger partial charge is 0.236 e. The van der Waals surface area contributed by atoms with E-state index in [0.717, 1.165) is 36.2 Å². The molecular formula is C28H35N3O2S. The minimum atomic E-state index is -0.428. The number of hydrogen-bond donors (Lipinski definition) is 2. The minimum Gasteiger partial charge on any atom is -0.392 e. The second kappa shape index (κ2) is 10.4. The lowest BCUT2D eigenvalue weighted by molar-refractivity contribution is -0.118. The Morgan fingerprint density at radius 3 is 2.50 bits per heavy atom. The summed E-state index contributed by atoms with van der Waals surface area (Å²) in [6.45, 7) is 9.68. The van der Waals surface area contributed by atoms with Gasteiger partial charge in [0.05, 0.1) is 17.6 Å². The lowest BCUT2D eigenvalue weighted by atomic mass is 9.92. The summed E-state index contributed by atoms with van der Waals surface area (Å²) in [5.41, 5.74) is 4.31. The molecule has 2 atom stereocenters. The van der Waals surface area contributed by atoms with Crippen molar-refractivity contribution in [2.24, 2.45) is 0 Å². The Morgan fingerprint density at radius 1 is 1.15 bits per heavy atom. The number of anilines is 1. The van der Waals surface area contributed by atoms with E-state index in [1.807, 2.05) is 38.2 Å². The van der Waals surface area contributed by atoms with Crippen molar-refractivity contribution >= 4 is 22.4 Å². The van der Waals surface area contributed by atoms with Crippen molar-refractivity contribution < 1.29 is 9.90 Å². The topological polar surface area (TPSA) is 65.5 Å². The third-order valence-corrected chi connectivity index (χ3v) is 7.90. The van der Waals surface area contributed by atoms with Gasteiger partial charge in [-0.05, 0) is 55.4 Å². The summed E-state index contributed by atoms with van der Waals surface area (Å²) in [4.78, 5) is 21.2. The molecule has 5 rings (SSSR count). The number of carbonyl (C=O) groups is 1. The molecule has 2 heterocycles. The van der Waals surface area contributed by atoms with Gasteiger partial charge in [0.1, 0.15) is 0 Å². The van der Waals surface area contributed by atoms with Gasteiger partial charge in [0.25, 0.3) is 0 Å². The maximum absolute atomic E-state index is 13.3. The highest BCUT2D eigenvalue weighted by Gasteiger charge is 2.51. The first-order valence-electron chi connectivity index (χ1n) is 12.3. The molecule has 3 aromatic rings. The highest BCUT2D eigenvalue weighted by atomic mass is 32.1. The van der Waals surface area contributed by atoms with Crippen LogP contribution in [0.5, 0.6) is 0 Å². The zero-order valence-corrected chi connectivity index (χ0v) is 21.4. The highest BCUT2D eigenvalue weighted by Crippen LogP contribution is 2.49. The Morgan fingerprint density at radius 2 is 1.88 bits per heavy atom. The number of aromatic nitrogens is 1. The standard InChI is InChI=1S/C26H29N3O2S.C2H6/c1-17-8-9-20(14-18(17)2)26(11-12-26)24(31)28-25-27-15-22(32-25)23(19-6-4-3-5-7-19)29-13-10-21(30)16-29;1-2/h3-9,14-15,21,23,30H,10-13,16H2,1-2H3,(H,27,28,31);1-2H3/t21-,23-;/m1./s1. The Bertz CT molecular complexity index is 1120. The van der Waals surface area contributed by atoms with E-state index in [1.165, 1.54) is 28.0 Å². The fourth-order valence-electron chi connectivity index (χ4n) is 4.69. The quantitative estimate of drug-likeness (QED) is 0.484. The normalized spacial score (nSPS) is 19.7. The molecule has 2 aromatic carbocycles. The van der Waals surface area contributed by atoms with Crippen LogP contribution in [0.15, 0.2) is 54.7 Å². The van der Waals surface area contributed by atoms with Crippen molar-refractivity contribution in [2.75, 3.05) is 18.4 Å². The zero-order valence-electron chi connectivity index (χ0n) is 20.5. The van der Waals surface area contributed by atoms with Crippen molar-refractivity contribution in [1.29, 1.82) is 0 Å². The van der Waals surface area contributed by atoms with Gasteiger partial charge in [-0.3, -0.25) is 9.69 Å². The third-order valence-electron chi connectivity index (χ3n) is 6.93. The molecule has 180 valence electrons. The number of aliphatic hydroxyl groups excluding tert-OH is 1. The summed E-state index contributed by atoms with van der Waals surface area (Å²) in [5.74, 6) is 0.0366. The molecule has 1 saturated carbocycles. The number of thiazole rings is 1. The first kappa shape index (κ1) is 24.6. The van der Waals surface area contributed by atoms with E-state index < -0.39 is 5.41 Å². The number of aliphatic hydroxyl groups is 1. The number of β-amino-alcohol motifs (C(OH)–C–C–N with tert-alkyl or cyclic N) is 1. The molecule has 6 heteroatoms. The van der Waals surface area contributed by atoms with Crippen LogP contribution in [0, 0.1) is 13.8 Å². The van der Waals surface area contributed by atoms with Crippen molar-refractivity contribution in [3.63, 3.8) is 0 Å². The van der Waals surface area contributed by atoms with Gasteiger partial charge in [-0.2, -0.15) is 0 Å². The maximum atomic E-state index is 13.3. The molecule has 2 aliphatic rings. The molecule has 1 amide bonds. The van der Waals surface area contributed by atoms with Crippen LogP contribution in [-0.2, 0) is 10.2 Å². The number of hydrogen-bond acceptors (Lipinski definition) is 5. The van der Waals surface area contributed by atoms with Crippen LogP contribution in [0.25, 0.3) is 0 Å². The Balaban J connectivity index is 0.00000133. The fraction of sp³-hybridized carbons (Fsp3) is 0.429. The van der Waals surface area contributed by atoms with Crippen LogP contribution in [0.2, 0.25) is 0 Å². The van der Waals surface area contributed by atoms with Crippen molar-refractivity contribution in [2.45, 2.75) is 64.5 Å². The predicted octanol–water partition coefficient (Wildman–Crippen LogP) is 5.61. The number of rotatable bonds is 6. The predicted molar refractivity (Wildman–Crippen MR) is 139 cm³/mol.